The summed E-state index contributed by atoms with van der Waals surface area (Å²) in [7, 11) is 3.23. The van der Waals surface area contributed by atoms with Crippen molar-refractivity contribution < 1.29 is 28.4 Å². The number of hydrogen-bond acceptors (Lipinski definition) is 6. The number of hydrogen-bond donors (Lipinski definition) is 0. The maximum atomic E-state index is 6.66. The maximum absolute atomic E-state index is 6.66. The first-order chi connectivity index (χ1) is 20.8. The summed E-state index contributed by atoms with van der Waals surface area (Å²) in [6.07, 6.45) is -1.58. The van der Waals surface area contributed by atoms with E-state index in [-0.39, 0.29) is 6.10 Å². The monoisotopic (exact) mass is 570 g/mol. The van der Waals surface area contributed by atoms with Gasteiger partial charge in [0.05, 0.1) is 32.5 Å². The standard InChI is InChI=1S/C36H42O6/c1-37-36(38-2)35(42-28-32-21-13-6-14-22-32)34(41-27-31-19-11-5-12-20-31)33(40-26-30-17-9-4-10-18-30)23-24-39-25-29-15-7-3-8-16-29/h3-22,33-36H,23-28H2,1-2H3. The van der Waals surface area contributed by atoms with Crippen molar-refractivity contribution in [3.05, 3.63) is 144 Å². The first kappa shape index (κ1) is 31.6. The lowest BCUT2D eigenvalue weighted by Gasteiger charge is -2.36. The van der Waals surface area contributed by atoms with E-state index in [1.165, 1.54) is 0 Å². The Morgan fingerprint density at radius 3 is 1.26 bits per heavy atom. The molecule has 4 aromatic carbocycles. The molecule has 0 amide bonds. The van der Waals surface area contributed by atoms with Gasteiger partial charge in [-0.2, -0.15) is 0 Å². The van der Waals surface area contributed by atoms with Gasteiger partial charge in [0.1, 0.15) is 12.2 Å². The van der Waals surface area contributed by atoms with Crippen LogP contribution in [0.4, 0.5) is 0 Å². The van der Waals surface area contributed by atoms with E-state index in [1.807, 2.05) is 97.1 Å². The SMILES string of the molecule is COC(OC)C(OCc1ccccc1)C(OCc1ccccc1)C(CCOCc1ccccc1)OCc1ccccc1. The van der Waals surface area contributed by atoms with Gasteiger partial charge in [0.15, 0.2) is 6.29 Å². The van der Waals surface area contributed by atoms with Crippen LogP contribution in [0.5, 0.6) is 0 Å². The number of rotatable bonds is 19. The molecule has 0 saturated carbocycles. The smallest absolute Gasteiger partial charge is 0.185 e. The van der Waals surface area contributed by atoms with Crippen molar-refractivity contribution in [2.24, 2.45) is 0 Å². The minimum Gasteiger partial charge on any atom is -0.377 e. The molecule has 0 radical (unpaired) electrons. The van der Waals surface area contributed by atoms with Gasteiger partial charge in [-0.15, -0.1) is 0 Å². The van der Waals surface area contributed by atoms with Crippen molar-refractivity contribution in [1.29, 1.82) is 0 Å². The van der Waals surface area contributed by atoms with E-state index < -0.39 is 18.5 Å². The van der Waals surface area contributed by atoms with Crippen LogP contribution in [0.1, 0.15) is 28.7 Å². The Morgan fingerprint density at radius 1 is 0.452 bits per heavy atom. The lowest BCUT2D eigenvalue weighted by Crippen LogP contribution is -2.50. The fourth-order valence-corrected chi connectivity index (χ4v) is 4.72. The summed E-state index contributed by atoms with van der Waals surface area (Å²) in [5.74, 6) is 0. The van der Waals surface area contributed by atoms with Crippen LogP contribution in [0.25, 0.3) is 0 Å². The highest BCUT2D eigenvalue weighted by Gasteiger charge is 2.38. The van der Waals surface area contributed by atoms with Gasteiger partial charge in [-0.1, -0.05) is 121 Å². The molecule has 0 aliphatic carbocycles. The topological polar surface area (TPSA) is 55.4 Å². The molecule has 42 heavy (non-hydrogen) atoms. The fraction of sp³-hybridized carbons (Fsp3) is 0.333. The van der Waals surface area contributed by atoms with Crippen molar-refractivity contribution in [2.75, 3.05) is 20.8 Å². The molecule has 222 valence electrons. The van der Waals surface area contributed by atoms with Gasteiger partial charge in [0.2, 0.25) is 0 Å². The van der Waals surface area contributed by atoms with Crippen molar-refractivity contribution >= 4 is 0 Å². The lowest BCUT2D eigenvalue weighted by molar-refractivity contribution is -0.242. The molecule has 0 saturated heterocycles. The molecule has 0 aliphatic rings. The Morgan fingerprint density at radius 2 is 0.833 bits per heavy atom. The van der Waals surface area contributed by atoms with E-state index in [2.05, 4.69) is 24.3 Å². The third kappa shape index (κ3) is 10.5. The zero-order valence-electron chi connectivity index (χ0n) is 24.5. The van der Waals surface area contributed by atoms with Gasteiger partial charge in [0, 0.05) is 20.8 Å². The van der Waals surface area contributed by atoms with Gasteiger partial charge >= 0.3 is 0 Å². The molecule has 0 spiro atoms. The highest BCUT2D eigenvalue weighted by molar-refractivity contribution is 5.16. The molecule has 0 heterocycles. The van der Waals surface area contributed by atoms with Gasteiger partial charge in [0.25, 0.3) is 0 Å². The number of ether oxygens (including phenoxy) is 6. The zero-order valence-corrected chi connectivity index (χ0v) is 24.5. The van der Waals surface area contributed by atoms with Gasteiger partial charge in [-0.05, 0) is 28.7 Å². The molecular formula is C36H42O6. The molecule has 4 rings (SSSR count). The summed E-state index contributed by atoms with van der Waals surface area (Å²) in [5.41, 5.74) is 4.30. The van der Waals surface area contributed by atoms with Crippen molar-refractivity contribution in [3.63, 3.8) is 0 Å². The molecule has 6 nitrogen and oxygen atoms in total. The third-order valence-electron chi connectivity index (χ3n) is 6.96. The highest BCUT2D eigenvalue weighted by Crippen LogP contribution is 2.24. The largest absolute Gasteiger partial charge is 0.377 e. The summed E-state index contributed by atoms with van der Waals surface area (Å²) in [4.78, 5) is 0. The van der Waals surface area contributed by atoms with Crippen LogP contribution in [0.15, 0.2) is 121 Å². The van der Waals surface area contributed by atoms with E-state index >= 15 is 0 Å². The fourth-order valence-electron chi connectivity index (χ4n) is 4.72. The minimum atomic E-state index is -0.678. The molecule has 0 bridgehead atoms. The molecule has 3 atom stereocenters. The third-order valence-corrected chi connectivity index (χ3v) is 6.96. The quantitative estimate of drug-likeness (QED) is 0.0897. The normalized spacial score (nSPS) is 13.6. The lowest BCUT2D eigenvalue weighted by atomic mass is 10.0. The van der Waals surface area contributed by atoms with Crippen molar-refractivity contribution in [3.8, 4) is 0 Å². The van der Waals surface area contributed by atoms with Crippen LogP contribution in [-0.4, -0.2) is 45.4 Å². The van der Waals surface area contributed by atoms with Crippen LogP contribution < -0.4 is 0 Å². The predicted octanol–water partition coefficient (Wildman–Crippen LogP) is 6.97. The highest BCUT2D eigenvalue weighted by atomic mass is 16.7. The molecule has 4 aromatic rings. The van der Waals surface area contributed by atoms with Gasteiger partial charge in [-0.25, -0.2) is 0 Å². The van der Waals surface area contributed by atoms with Crippen molar-refractivity contribution in [1.82, 2.24) is 0 Å². The predicted molar refractivity (Wildman–Crippen MR) is 164 cm³/mol. The molecule has 0 N–H and O–H groups in total. The van der Waals surface area contributed by atoms with Gasteiger partial charge in [-0.3, -0.25) is 0 Å². The second-order valence-electron chi connectivity index (χ2n) is 10.0. The average Bonchev–Trinajstić information content (AvgIpc) is 3.06. The van der Waals surface area contributed by atoms with Crippen LogP contribution in [0, 0.1) is 0 Å². The summed E-state index contributed by atoms with van der Waals surface area (Å²) >= 11 is 0. The zero-order chi connectivity index (χ0) is 29.2. The van der Waals surface area contributed by atoms with E-state index in [9.17, 15) is 0 Å². The maximum Gasteiger partial charge on any atom is 0.185 e. The molecule has 3 unspecified atom stereocenters. The van der Waals surface area contributed by atoms with Crippen LogP contribution in [0.3, 0.4) is 0 Å². The first-order valence-corrected chi connectivity index (χ1v) is 14.4. The second-order valence-corrected chi connectivity index (χ2v) is 10.0. The Kier molecular flexibility index (Phi) is 13.7. The Bertz CT molecular complexity index is 1220. The number of benzene rings is 4. The summed E-state index contributed by atoms with van der Waals surface area (Å²) < 4.78 is 37.4. The Labute approximate surface area is 250 Å². The van der Waals surface area contributed by atoms with Gasteiger partial charge < -0.3 is 28.4 Å². The summed E-state index contributed by atoms with van der Waals surface area (Å²) in [6, 6.07) is 40.4. The van der Waals surface area contributed by atoms with E-state index in [4.69, 9.17) is 28.4 Å². The molecule has 0 aromatic heterocycles. The van der Waals surface area contributed by atoms with Crippen LogP contribution in [0.2, 0.25) is 0 Å². The Balaban J connectivity index is 1.57. The van der Waals surface area contributed by atoms with E-state index in [0.29, 0.717) is 39.5 Å². The Hall–Kier alpha value is -3.36. The molecule has 0 aliphatic heterocycles. The average molecular weight is 571 g/mol. The summed E-state index contributed by atoms with van der Waals surface area (Å²) in [5, 5.41) is 0. The minimum absolute atomic E-state index is 0.371. The second kappa shape index (κ2) is 18.2. The van der Waals surface area contributed by atoms with E-state index in [0.717, 1.165) is 22.3 Å². The molecular weight excluding hydrogens is 528 g/mol. The van der Waals surface area contributed by atoms with Crippen LogP contribution in [-0.2, 0) is 54.8 Å². The van der Waals surface area contributed by atoms with Crippen LogP contribution >= 0.6 is 0 Å². The summed E-state index contributed by atoms with van der Waals surface area (Å²) in [6.45, 7) is 2.18. The van der Waals surface area contributed by atoms with E-state index in [1.54, 1.807) is 14.2 Å². The number of methoxy groups -OCH3 is 2. The molecule has 0 fully saturated rings. The van der Waals surface area contributed by atoms with Crippen molar-refractivity contribution in [2.45, 2.75) is 57.5 Å². The molecule has 6 heteroatoms. The first-order valence-electron chi connectivity index (χ1n) is 14.4.